The summed E-state index contributed by atoms with van der Waals surface area (Å²) in [4.78, 5) is 30.5. The zero-order valence-electron chi connectivity index (χ0n) is 15.1. The van der Waals surface area contributed by atoms with Crippen LogP contribution in [0.1, 0.15) is 47.0 Å². The summed E-state index contributed by atoms with van der Waals surface area (Å²) in [7, 11) is 0. The number of amides is 3. The number of hydrogen-bond acceptors (Lipinski definition) is 3. The van der Waals surface area contributed by atoms with Crippen LogP contribution in [0.25, 0.3) is 0 Å². The maximum atomic E-state index is 12.1. The number of carbonyl (C=O) groups excluding carboxylic acids is 2. The Bertz CT molecular complexity index is 565. The van der Waals surface area contributed by atoms with Gasteiger partial charge in [-0.3, -0.25) is 15.1 Å². The number of nitrogens with one attached hydrogen (secondary N) is 3. The molecule has 3 N–H and O–H groups in total. The maximum absolute atomic E-state index is 12.1. The highest BCUT2D eigenvalue weighted by Crippen LogP contribution is 2.44. The van der Waals surface area contributed by atoms with Crippen LogP contribution in [0.15, 0.2) is 4.99 Å². The number of piperidine rings is 1. The molecule has 0 spiro atoms. The first-order chi connectivity index (χ1) is 11.3. The van der Waals surface area contributed by atoms with E-state index in [9.17, 15) is 9.59 Å². The zero-order chi connectivity index (χ0) is 17.5. The third kappa shape index (κ3) is 3.08. The minimum Gasteiger partial charge on any atom is -0.353 e. The minimum atomic E-state index is -0.781. The summed E-state index contributed by atoms with van der Waals surface area (Å²) in [5.74, 6) is 0.934. The van der Waals surface area contributed by atoms with Crippen LogP contribution >= 0.6 is 0 Å². The Labute approximate surface area is 143 Å². The molecule has 0 radical (unpaired) electrons. The lowest BCUT2D eigenvalue weighted by atomic mass is 9.79. The van der Waals surface area contributed by atoms with Crippen molar-refractivity contribution in [1.29, 1.82) is 0 Å². The van der Waals surface area contributed by atoms with Gasteiger partial charge in [0.2, 0.25) is 0 Å². The zero-order valence-corrected chi connectivity index (χ0v) is 15.1. The second kappa shape index (κ2) is 5.93. The lowest BCUT2D eigenvalue weighted by Gasteiger charge is -2.40. The first-order valence-electron chi connectivity index (χ1n) is 8.96. The summed E-state index contributed by atoms with van der Waals surface area (Å²) in [5.41, 5.74) is -0.427. The van der Waals surface area contributed by atoms with Crippen LogP contribution in [-0.4, -0.2) is 54.0 Å². The van der Waals surface area contributed by atoms with E-state index in [0.717, 1.165) is 38.4 Å². The molecule has 3 amide bonds. The lowest BCUT2D eigenvalue weighted by molar-refractivity contribution is -0.125. The molecule has 0 aromatic carbocycles. The molecule has 134 valence electrons. The molecule has 2 unspecified atom stereocenters. The van der Waals surface area contributed by atoms with Crippen molar-refractivity contribution in [2.24, 2.45) is 16.3 Å². The monoisotopic (exact) mass is 335 g/mol. The van der Waals surface area contributed by atoms with Gasteiger partial charge >= 0.3 is 6.03 Å². The fourth-order valence-corrected chi connectivity index (χ4v) is 3.77. The molecule has 1 aliphatic carbocycles. The minimum absolute atomic E-state index is 0.153. The number of guanidine groups is 1. The Morgan fingerprint density at radius 3 is 2.38 bits per heavy atom. The smallest absolute Gasteiger partial charge is 0.322 e. The molecule has 2 heterocycles. The molecule has 3 fully saturated rings. The SMILES string of the molecule is CCN=C(NC1CC1(C)C)N1CCC(C2(C)NC(=O)NC2=O)CC1. The Morgan fingerprint density at radius 1 is 1.29 bits per heavy atom. The van der Waals surface area contributed by atoms with Gasteiger partial charge in [0.05, 0.1) is 0 Å². The van der Waals surface area contributed by atoms with Crippen LogP contribution in [0.2, 0.25) is 0 Å². The summed E-state index contributed by atoms with van der Waals surface area (Å²) in [5, 5.41) is 8.76. The van der Waals surface area contributed by atoms with Crippen molar-refractivity contribution in [3.8, 4) is 0 Å². The number of imide groups is 1. The van der Waals surface area contributed by atoms with Gasteiger partial charge in [-0.2, -0.15) is 0 Å². The molecule has 3 rings (SSSR count). The van der Waals surface area contributed by atoms with Crippen molar-refractivity contribution >= 4 is 17.9 Å². The Kier molecular flexibility index (Phi) is 4.21. The van der Waals surface area contributed by atoms with Gasteiger partial charge in [-0.15, -0.1) is 0 Å². The first-order valence-corrected chi connectivity index (χ1v) is 8.96. The van der Waals surface area contributed by atoms with Gasteiger partial charge in [0.25, 0.3) is 5.91 Å². The second-order valence-electron chi connectivity index (χ2n) is 8.06. The third-order valence-electron chi connectivity index (χ3n) is 5.81. The normalized spacial score (nSPS) is 33.2. The molecule has 2 saturated heterocycles. The number of aliphatic imine (C=N–C) groups is 1. The van der Waals surface area contributed by atoms with E-state index < -0.39 is 5.54 Å². The lowest BCUT2D eigenvalue weighted by Crippen LogP contribution is -2.55. The molecule has 2 aliphatic heterocycles. The van der Waals surface area contributed by atoms with E-state index in [-0.39, 0.29) is 17.9 Å². The van der Waals surface area contributed by atoms with Crippen LogP contribution in [0.5, 0.6) is 0 Å². The van der Waals surface area contributed by atoms with Crippen LogP contribution in [-0.2, 0) is 4.79 Å². The molecule has 1 saturated carbocycles. The second-order valence-corrected chi connectivity index (χ2v) is 8.06. The van der Waals surface area contributed by atoms with Crippen LogP contribution < -0.4 is 16.0 Å². The van der Waals surface area contributed by atoms with E-state index in [0.29, 0.717) is 11.5 Å². The Balaban J connectivity index is 1.60. The van der Waals surface area contributed by atoms with Gasteiger partial charge in [-0.25, -0.2) is 4.79 Å². The summed E-state index contributed by atoms with van der Waals surface area (Å²) >= 11 is 0. The average molecular weight is 335 g/mol. The van der Waals surface area contributed by atoms with Crippen LogP contribution in [0.3, 0.4) is 0 Å². The quantitative estimate of drug-likeness (QED) is 0.409. The summed E-state index contributed by atoms with van der Waals surface area (Å²) in [6, 6.07) is 0.119. The van der Waals surface area contributed by atoms with Crippen molar-refractivity contribution < 1.29 is 9.59 Å². The first kappa shape index (κ1) is 17.0. The van der Waals surface area contributed by atoms with Gasteiger partial charge in [0.15, 0.2) is 5.96 Å². The molecule has 3 aliphatic rings. The molecular weight excluding hydrogens is 306 g/mol. The molecule has 0 bridgehead atoms. The van der Waals surface area contributed by atoms with Gasteiger partial charge < -0.3 is 15.5 Å². The van der Waals surface area contributed by atoms with Crippen molar-refractivity contribution in [2.45, 2.75) is 58.5 Å². The van der Waals surface area contributed by atoms with Crippen molar-refractivity contribution in [2.75, 3.05) is 19.6 Å². The molecule has 2 atom stereocenters. The number of carbonyl (C=O) groups is 2. The molecule has 24 heavy (non-hydrogen) atoms. The van der Waals surface area contributed by atoms with Gasteiger partial charge in [0.1, 0.15) is 5.54 Å². The van der Waals surface area contributed by atoms with Gasteiger partial charge in [0, 0.05) is 25.7 Å². The Hall–Kier alpha value is -1.79. The van der Waals surface area contributed by atoms with Crippen LogP contribution in [0.4, 0.5) is 4.79 Å². The van der Waals surface area contributed by atoms with Gasteiger partial charge in [-0.1, -0.05) is 13.8 Å². The summed E-state index contributed by atoms with van der Waals surface area (Å²) in [6.07, 6.45) is 2.90. The van der Waals surface area contributed by atoms with E-state index in [4.69, 9.17) is 0 Å². The van der Waals surface area contributed by atoms with Gasteiger partial charge in [-0.05, 0) is 44.4 Å². The molecule has 0 aromatic heterocycles. The average Bonchev–Trinajstić information content (AvgIpc) is 3.02. The van der Waals surface area contributed by atoms with Crippen molar-refractivity contribution in [1.82, 2.24) is 20.9 Å². The number of nitrogens with zero attached hydrogens (tertiary/aromatic N) is 2. The number of urea groups is 1. The van der Waals surface area contributed by atoms with E-state index in [1.807, 2.05) is 13.8 Å². The maximum Gasteiger partial charge on any atom is 0.322 e. The topological polar surface area (TPSA) is 85.8 Å². The summed E-state index contributed by atoms with van der Waals surface area (Å²) in [6.45, 7) is 10.9. The number of likely N-dealkylation sites (tertiary alicyclic amines) is 1. The van der Waals surface area contributed by atoms with Crippen LogP contribution in [0, 0.1) is 11.3 Å². The third-order valence-corrected chi connectivity index (χ3v) is 5.81. The van der Waals surface area contributed by atoms with E-state index in [1.54, 1.807) is 0 Å². The van der Waals surface area contributed by atoms with E-state index >= 15 is 0 Å². The van der Waals surface area contributed by atoms with Crippen molar-refractivity contribution in [3.63, 3.8) is 0 Å². The Morgan fingerprint density at radius 2 is 1.92 bits per heavy atom. The molecular formula is C17H29N5O2. The predicted octanol–water partition coefficient (Wildman–Crippen LogP) is 1.06. The fraction of sp³-hybridized carbons (Fsp3) is 0.824. The number of rotatable bonds is 3. The molecule has 0 aromatic rings. The number of hydrogen-bond donors (Lipinski definition) is 3. The highest BCUT2D eigenvalue weighted by atomic mass is 16.2. The largest absolute Gasteiger partial charge is 0.353 e. The molecule has 7 nitrogen and oxygen atoms in total. The summed E-state index contributed by atoms with van der Waals surface area (Å²) < 4.78 is 0. The van der Waals surface area contributed by atoms with Crippen molar-refractivity contribution in [3.05, 3.63) is 0 Å². The van der Waals surface area contributed by atoms with E-state index in [1.165, 1.54) is 6.42 Å². The highest BCUT2D eigenvalue weighted by Gasteiger charge is 2.49. The molecule has 7 heteroatoms. The standard InChI is InChI=1S/C17H29N5O2/c1-5-18-14(19-12-10-16(12,2)3)22-8-6-11(7-9-22)17(4)13(23)20-15(24)21-17/h11-12H,5-10H2,1-4H3,(H,18,19)(H2,20,21,23,24). The van der Waals surface area contributed by atoms with E-state index in [2.05, 4.69) is 39.7 Å². The fourth-order valence-electron chi connectivity index (χ4n) is 3.77. The highest BCUT2D eigenvalue weighted by molar-refractivity contribution is 6.07. The predicted molar refractivity (Wildman–Crippen MR) is 92.7 cm³/mol.